The Labute approximate surface area is 293 Å². The topological polar surface area (TPSA) is 83.1 Å². The van der Waals surface area contributed by atoms with Crippen LogP contribution in [0.25, 0.3) is 16.7 Å². The van der Waals surface area contributed by atoms with Gasteiger partial charge >= 0.3 is 5.97 Å². The second-order valence-electron chi connectivity index (χ2n) is 16.3. The van der Waals surface area contributed by atoms with Crippen molar-refractivity contribution in [2.24, 2.45) is 17.8 Å². The molecule has 1 amide bonds. The van der Waals surface area contributed by atoms with Crippen molar-refractivity contribution in [1.29, 1.82) is 0 Å². The summed E-state index contributed by atoms with van der Waals surface area (Å²) in [6, 6.07) is 15.0. The van der Waals surface area contributed by atoms with Crippen LogP contribution in [0, 0.1) is 17.8 Å². The van der Waals surface area contributed by atoms with Gasteiger partial charge in [0.2, 0.25) is 5.91 Å². The number of rotatable bonds is 15. The number of hydrogen-bond acceptors (Lipinski definition) is 6. The number of carbonyl (C=O) groups excluding carboxylic acids is 2. The Bertz CT molecular complexity index is 1420. The largest absolute Gasteiger partial charge is 0.494 e. The van der Waals surface area contributed by atoms with Crippen molar-refractivity contribution < 1.29 is 28.6 Å². The zero-order valence-electron chi connectivity index (χ0n) is 30.0. The summed E-state index contributed by atoms with van der Waals surface area (Å²) in [6.07, 6.45) is 16.2. The highest BCUT2D eigenvalue weighted by atomic mass is 16.8. The molecule has 5 aliphatic rings. The molecule has 266 valence electrons. The average Bonchev–Trinajstić information content (AvgIpc) is 3.07. The zero-order valence-corrected chi connectivity index (χ0v) is 30.0. The van der Waals surface area contributed by atoms with Gasteiger partial charge in [0.25, 0.3) is 0 Å². The summed E-state index contributed by atoms with van der Waals surface area (Å²) in [4.78, 5) is 30.2. The highest BCUT2D eigenvalue weighted by Gasteiger charge is 2.52. The highest BCUT2D eigenvalue weighted by molar-refractivity contribution is 6.15. The maximum Gasteiger partial charge on any atom is 0.338 e. The van der Waals surface area contributed by atoms with Gasteiger partial charge in [-0.05, 0) is 143 Å². The fourth-order valence-corrected chi connectivity index (χ4v) is 9.15. The highest BCUT2D eigenvalue weighted by Crippen LogP contribution is 2.62. The molecule has 2 aromatic carbocycles. The summed E-state index contributed by atoms with van der Waals surface area (Å²) < 4.78 is 17.5. The summed E-state index contributed by atoms with van der Waals surface area (Å²) in [5.74, 6) is 3.03. The van der Waals surface area contributed by atoms with E-state index in [1.54, 1.807) is 0 Å². The van der Waals surface area contributed by atoms with Crippen molar-refractivity contribution in [3.63, 3.8) is 0 Å². The van der Waals surface area contributed by atoms with Crippen LogP contribution in [0.1, 0.15) is 128 Å². The molecule has 7 heteroatoms. The van der Waals surface area contributed by atoms with Gasteiger partial charge in [-0.25, -0.2) is 15.1 Å². The summed E-state index contributed by atoms with van der Waals surface area (Å²) in [5, 5.41) is 0. The van der Waals surface area contributed by atoms with Crippen molar-refractivity contribution in [3.8, 4) is 16.9 Å². The van der Waals surface area contributed by atoms with Crippen molar-refractivity contribution >= 4 is 17.4 Å². The molecule has 1 heterocycles. The Kier molecular flexibility index (Phi) is 11.5. The van der Waals surface area contributed by atoms with Gasteiger partial charge in [-0.15, -0.1) is 0 Å². The molecule has 4 saturated carbocycles. The molecule has 0 radical (unpaired) electrons. The van der Waals surface area contributed by atoms with Crippen molar-refractivity contribution in [2.75, 3.05) is 13.2 Å². The van der Waals surface area contributed by atoms with Gasteiger partial charge in [-0.1, -0.05) is 56.2 Å². The number of ether oxygens (including phenoxy) is 3. The lowest BCUT2D eigenvalue weighted by atomic mass is 9.47. The molecule has 1 aliphatic heterocycles. The molecule has 1 saturated heterocycles. The van der Waals surface area contributed by atoms with Crippen LogP contribution in [0.4, 0.5) is 0 Å². The molecule has 0 spiro atoms. The zero-order chi connectivity index (χ0) is 34.4. The van der Waals surface area contributed by atoms with Crippen LogP contribution in [0.5, 0.6) is 5.75 Å². The Hall–Kier alpha value is -3.16. The van der Waals surface area contributed by atoms with E-state index in [2.05, 4.69) is 42.4 Å². The van der Waals surface area contributed by atoms with E-state index in [1.165, 1.54) is 55.2 Å². The second-order valence-corrected chi connectivity index (χ2v) is 16.3. The van der Waals surface area contributed by atoms with Crippen LogP contribution in [-0.2, 0) is 29.3 Å². The lowest BCUT2D eigenvalue weighted by Gasteiger charge is -2.57. The Balaban J connectivity index is 1.04. The smallest absolute Gasteiger partial charge is 0.338 e. The first-order chi connectivity index (χ1) is 23.6. The third kappa shape index (κ3) is 9.35. The fraction of sp³-hybridized carbons (Fsp3) is 0.619. The summed E-state index contributed by atoms with van der Waals surface area (Å²) in [7, 11) is 0. The first-order valence-corrected chi connectivity index (χ1v) is 18.9. The fourth-order valence-electron chi connectivity index (χ4n) is 9.15. The van der Waals surface area contributed by atoms with E-state index in [1.807, 2.05) is 32.9 Å². The third-order valence-electron chi connectivity index (χ3n) is 11.0. The number of unbranched alkanes of at least 4 members (excludes halogenated alkanes) is 4. The van der Waals surface area contributed by atoms with Gasteiger partial charge in [0, 0.05) is 19.4 Å². The van der Waals surface area contributed by atoms with Crippen LogP contribution in [-0.4, -0.2) is 37.0 Å². The molecular formula is C42H57NO6. The monoisotopic (exact) mass is 671 g/mol. The number of hydroxylamine groups is 1. The van der Waals surface area contributed by atoms with Crippen molar-refractivity contribution in [3.05, 3.63) is 60.2 Å². The Morgan fingerprint density at radius 1 is 0.898 bits per heavy atom. The van der Waals surface area contributed by atoms with Gasteiger partial charge < -0.3 is 14.2 Å². The van der Waals surface area contributed by atoms with Gasteiger partial charge in [0.15, 0.2) is 6.29 Å². The number of esters is 1. The number of carbonyl (C=O) groups is 2. The van der Waals surface area contributed by atoms with Gasteiger partial charge in [0.1, 0.15) is 11.4 Å². The molecule has 1 N–H and O–H groups in total. The lowest BCUT2D eigenvalue weighted by molar-refractivity contribution is -0.200. The molecule has 49 heavy (non-hydrogen) atoms. The summed E-state index contributed by atoms with van der Waals surface area (Å²) >= 11 is 0. The summed E-state index contributed by atoms with van der Waals surface area (Å²) in [6.45, 7) is 11.0. The molecule has 7 rings (SSSR count). The molecule has 1 unspecified atom stereocenters. The van der Waals surface area contributed by atoms with E-state index >= 15 is 0 Å². The van der Waals surface area contributed by atoms with Gasteiger partial charge in [-0.2, -0.15) is 0 Å². The normalized spacial score (nSPS) is 25.9. The SMILES string of the molecule is C=C(C(=O)OC(C)(C)C)c1ccc(-c2ccc(OCCCCCCCC(=O)NOC3CCCCO3)cc2C23CC4CC(CC(C4)C2)C3)cc1. The van der Waals surface area contributed by atoms with E-state index in [0.717, 1.165) is 80.4 Å². The molecule has 4 bridgehead atoms. The van der Waals surface area contributed by atoms with Crippen molar-refractivity contribution in [2.45, 2.75) is 134 Å². The Morgan fingerprint density at radius 2 is 1.57 bits per heavy atom. The molecule has 2 aromatic rings. The first-order valence-electron chi connectivity index (χ1n) is 18.9. The van der Waals surface area contributed by atoms with Crippen LogP contribution < -0.4 is 10.2 Å². The number of amides is 1. The molecule has 4 aliphatic carbocycles. The number of nitrogens with one attached hydrogen (secondary N) is 1. The minimum Gasteiger partial charge on any atom is -0.494 e. The predicted molar refractivity (Wildman–Crippen MR) is 193 cm³/mol. The standard InChI is InChI=1S/C42H57NO6/c1-29(40(45)48-41(2,3)4)33-14-16-34(17-15-33)36-19-18-35(25-37(36)42-26-30-22-31(27-42)24-32(23-30)28-42)46-20-10-7-5-6-8-12-38(44)43-49-39-13-9-11-21-47-39/h14-19,25,30-32,39H,1,5-13,20-24,26-28H2,2-4H3,(H,43,44). The molecule has 5 fully saturated rings. The summed E-state index contributed by atoms with van der Waals surface area (Å²) in [5.41, 5.74) is 7.27. The maximum atomic E-state index is 12.7. The minimum atomic E-state index is -0.559. The van der Waals surface area contributed by atoms with Gasteiger partial charge in [0.05, 0.1) is 12.2 Å². The minimum absolute atomic E-state index is 0.0713. The van der Waals surface area contributed by atoms with Crippen LogP contribution in [0.15, 0.2) is 49.0 Å². The molecular weight excluding hydrogens is 614 g/mol. The van der Waals surface area contributed by atoms with E-state index in [-0.39, 0.29) is 23.6 Å². The maximum absolute atomic E-state index is 12.7. The molecule has 0 aromatic heterocycles. The quantitative estimate of drug-likeness (QED) is 0.0879. The van der Waals surface area contributed by atoms with Crippen molar-refractivity contribution in [1.82, 2.24) is 5.48 Å². The first kappa shape index (κ1) is 35.7. The van der Waals surface area contributed by atoms with E-state index in [4.69, 9.17) is 19.0 Å². The van der Waals surface area contributed by atoms with Crippen LogP contribution >= 0.6 is 0 Å². The van der Waals surface area contributed by atoms with Crippen LogP contribution in [0.2, 0.25) is 0 Å². The Morgan fingerprint density at radius 3 is 2.22 bits per heavy atom. The second kappa shape index (κ2) is 15.8. The van der Waals surface area contributed by atoms with E-state index < -0.39 is 5.60 Å². The predicted octanol–water partition coefficient (Wildman–Crippen LogP) is 9.47. The lowest BCUT2D eigenvalue weighted by Crippen LogP contribution is -2.48. The van der Waals surface area contributed by atoms with Crippen LogP contribution in [0.3, 0.4) is 0 Å². The van der Waals surface area contributed by atoms with Gasteiger partial charge in [-0.3, -0.25) is 4.79 Å². The molecule has 7 nitrogen and oxygen atoms in total. The van der Waals surface area contributed by atoms with E-state index in [9.17, 15) is 9.59 Å². The number of benzene rings is 2. The molecule has 1 atom stereocenters. The van der Waals surface area contributed by atoms with E-state index in [0.29, 0.717) is 25.2 Å². The average molecular weight is 672 g/mol. The number of hydrogen-bond donors (Lipinski definition) is 1. The third-order valence-corrected chi connectivity index (χ3v) is 11.0.